The fraction of sp³-hybridized carbons (Fsp3) is 0.167. The van der Waals surface area contributed by atoms with Crippen molar-refractivity contribution >= 4 is 12.2 Å². The van der Waals surface area contributed by atoms with Gasteiger partial charge in [-0.25, -0.2) is 0 Å². The number of benzene rings is 1. The van der Waals surface area contributed by atoms with Gasteiger partial charge in [-0.3, -0.25) is 0 Å². The molecule has 6 heteroatoms. The molecule has 0 aromatic heterocycles. The van der Waals surface area contributed by atoms with Gasteiger partial charge in [0.2, 0.25) is 5.96 Å². The molecule has 0 aliphatic carbocycles. The summed E-state index contributed by atoms with van der Waals surface area (Å²) in [5.41, 5.74) is 11.1. The Kier molecular flexibility index (Phi) is 5.24. The van der Waals surface area contributed by atoms with Gasteiger partial charge in [0.15, 0.2) is 11.5 Å². The Hall–Kier alpha value is -2.50. The zero-order valence-corrected chi connectivity index (χ0v) is 10.2. The molecule has 1 aromatic carbocycles. The van der Waals surface area contributed by atoms with E-state index in [2.05, 4.69) is 16.8 Å². The topological polar surface area (TPSA) is 95.2 Å². The molecule has 0 radical (unpaired) electrons. The molecule has 0 spiro atoms. The van der Waals surface area contributed by atoms with Gasteiger partial charge in [-0.2, -0.15) is 5.10 Å². The first-order valence-corrected chi connectivity index (χ1v) is 5.21. The molecule has 6 nitrogen and oxygen atoms in total. The van der Waals surface area contributed by atoms with E-state index in [0.29, 0.717) is 18.1 Å². The molecule has 18 heavy (non-hydrogen) atoms. The van der Waals surface area contributed by atoms with E-state index in [9.17, 15) is 0 Å². The highest BCUT2D eigenvalue weighted by Crippen LogP contribution is 2.27. The highest BCUT2D eigenvalue weighted by molar-refractivity contribution is 5.82. The fourth-order valence-electron chi connectivity index (χ4n) is 1.19. The second kappa shape index (κ2) is 6.95. The van der Waals surface area contributed by atoms with Gasteiger partial charge in [0, 0.05) is 0 Å². The number of methoxy groups -OCH3 is 1. The van der Waals surface area contributed by atoms with Gasteiger partial charge in [-0.1, -0.05) is 12.7 Å². The van der Waals surface area contributed by atoms with Crippen LogP contribution in [-0.4, -0.2) is 25.9 Å². The van der Waals surface area contributed by atoms with Crippen LogP contribution in [0.3, 0.4) is 0 Å². The summed E-state index contributed by atoms with van der Waals surface area (Å²) >= 11 is 0. The van der Waals surface area contributed by atoms with E-state index in [0.717, 1.165) is 5.56 Å². The minimum Gasteiger partial charge on any atom is -0.493 e. The number of nitrogens with zero attached hydrogens (tertiary/aromatic N) is 2. The van der Waals surface area contributed by atoms with E-state index in [1.54, 1.807) is 25.3 Å². The van der Waals surface area contributed by atoms with Gasteiger partial charge in [-0.05, 0) is 23.8 Å². The summed E-state index contributed by atoms with van der Waals surface area (Å²) in [5.74, 6) is 1.14. The Bertz CT molecular complexity index is 465. The van der Waals surface area contributed by atoms with Crippen LogP contribution in [0.15, 0.2) is 41.1 Å². The molecule has 0 fully saturated rings. The summed E-state index contributed by atoms with van der Waals surface area (Å²) in [6, 6.07) is 5.36. The Morgan fingerprint density at radius 3 is 2.78 bits per heavy atom. The van der Waals surface area contributed by atoms with E-state index in [-0.39, 0.29) is 5.96 Å². The Morgan fingerprint density at radius 1 is 1.39 bits per heavy atom. The predicted octanol–water partition coefficient (Wildman–Crippen LogP) is 0.867. The van der Waals surface area contributed by atoms with Crippen LogP contribution in [0, 0.1) is 0 Å². The predicted molar refractivity (Wildman–Crippen MR) is 72.1 cm³/mol. The zero-order chi connectivity index (χ0) is 13.4. The number of hydrogen-bond acceptors (Lipinski definition) is 4. The zero-order valence-electron chi connectivity index (χ0n) is 10.2. The molecule has 0 atom stereocenters. The van der Waals surface area contributed by atoms with Crippen molar-refractivity contribution in [2.75, 3.05) is 13.7 Å². The molecule has 0 bridgehead atoms. The minimum absolute atomic E-state index is 0.0934. The van der Waals surface area contributed by atoms with Crippen LogP contribution in [0.5, 0.6) is 11.5 Å². The molecule has 0 saturated heterocycles. The molecule has 0 heterocycles. The van der Waals surface area contributed by atoms with Crippen molar-refractivity contribution in [3.8, 4) is 11.5 Å². The third-order valence-electron chi connectivity index (χ3n) is 1.92. The molecule has 0 amide bonds. The first kappa shape index (κ1) is 13.6. The molecule has 0 aliphatic heterocycles. The van der Waals surface area contributed by atoms with Crippen LogP contribution >= 0.6 is 0 Å². The molecule has 1 rings (SSSR count). The maximum atomic E-state index is 5.42. The number of guanidine groups is 1. The Balaban J connectivity index is 2.87. The quantitative estimate of drug-likeness (QED) is 0.338. The fourth-order valence-corrected chi connectivity index (χ4v) is 1.19. The highest BCUT2D eigenvalue weighted by atomic mass is 16.5. The summed E-state index contributed by atoms with van der Waals surface area (Å²) in [6.07, 6.45) is 3.17. The summed E-state index contributed by atoms with van der Waals surface area (Å²) < 4.78 is 10.6. The largest absolute Gasteiger partial charge is 0.493 e. The van der Waals surface area contributed by atoms with E-state index in [1.165, 1.54) is 6.21 Å². The lowest BCUT2D eigenvalue weighted by Gasteiger charge is -2.09. The third-order valence-corrected chi connectivity index (χ3v) is 1.92. The average molecular weight is 248 g/mol. The molecular weight excluding hydrogens is 232 g/mol. The van der Waals surface area contributed by atoms with Crippen molar-refractivity contribution in [1.29, 1.82) is 0 Å². The standard InChI is InChI=1S/C12H16N4O2/c1-3-6-18-10-5-4-9(7-11(10)17-2)8-15-16-12(13)14/h3-5,7-8H,1,6H2,2H3,(H4,13,14,16)/b15-8+. The number of rotatable bonds is 6. The second-order valence-corrected chi connectivity index (χ2v) is 3.28. The maximum absolute atomic E-state index is 5.42. The monoisotopic (exact) mass is 248 g/mol. The van der Waals surface area contributed by atoms with Gasteiger partial charge < -0.3 is 20.9 Å². The Labute approximate surface area is 106 Å². The molecular formula is C12H16N4O2. The van der Waals surface area contributed by atoms with E-state index in [1.807, 2.05) is 6.07 Å². The van der Waals surface area contributed by atoms with E-state index >= 15 is 0 Å². The van der Waals surface area contributed by atoms with Gasteiger partial charge in [0.25, 0.3) is 0 Å². The van der Waals surface area contributed by atoms with Crippen molar-refractivity contribution in [2.45, 2.75) is 0 Å². The smallest absolute Gasteiger partial charge is 0.211 e. The van der Waals surface area contributed by atoms with Crippen LogP contribution in [0.25, 0.3) is 0 Å². The molecule has 96 valence electrons. The van der Waals surface area contributed by atoms with Crippen molar-refractivity contribution in [2.24, 2.45) is 21.7 Å². The normalized spacial score (nSPS) is 10.1. The van der Waals surface area contributed by atoms with Crippen LogP contribution in [0.4, 0.5) is 0 Å². The SMILES string of the molecule is C=CCOc1ccc(/C=N/N=C(N)N)cc1OC. The summed E-state index contributed by atoms with van der Waals surface area (Å²) in [4.78, 5) is 0. The minimum atomic E-state index is -0.0934. The van der Waals surface area contributed by atoms with E-state index < -0.39 is 0 Å². The van der Waals surface area contributed by atoms with Crippen molar-refractivity contribution < 1.29 is 9.47 Å². The molecule has 0 aliphatic rings. The first-order chi connectivity index (χ1) is 8.67. The van der Waals surface area contributed by atoms with Crippen LogP contribution in [0.1, 0.15) is 5.56 Å². The summed E-state index contributed by atoms with van der Waals surface area (Å²) in [6.45, 7) is 3.99. The molecule has 0 unspecified atom stereocenters. The number of nitrogens with two attached hydrogens (primary N) is 2. The maximum Gasteiger partial charge on any atom is 0.211 e. The number of hydrogen-bond donors (Lipinski definition) is 2. The lowest BCUT2D eigenvalue weighted by molar-refractivity contribution is 0.326. The van der Waals surface area contributed by atoms with Gasteiger partial charge in [0.05, 0.1) is 13.3 Å². The third kappa shape index (κ3) is 4.17. The molecule has 1 aromatic rings. The lowest BCUT2D eigenvalue weighted by Crippen LogP contribution is -2.21. The van der Waals surface area contributed by atoms with Crippen molar-refractivity contribution in [1.82, 2.24) is 0 Å². The van der Waals surface area contributed by atoms with E-state index in [4.69, 9.17) is 20.9 Å². The first-order valence-electron chi connectivity index (χ1n) is 5.21. The van der Waals surface area contributed by atoms with Crippen LogP contribution in [0.2, 0.25) is 0 Å². The van der Waals surface area contributed by atoms with Gasteiger partial charge in [0.1, 0.15) is 6.61 Å². The van der Waals surface area contributed by atoms with Crippen molar-refractivity contribution in [3.05, 3.63) is 36.4 Å². The van der Waals surface area contributed by atoms with Crippen LogP contribution < -0.4 is 20.9 Å². The molecule has 4 N–H and O–H groups in total. The van der Waals surface area contributed by atoms with Crippen molar-refractivity contribution in [3.63, 3.8) is 0 Å². The van der Waals surface area contributed by atoms with Crippen LogP contribution in [-0.2, 0) is 0 Å². The summed E-state index contributed by atoms with van der Waals surface area (Å²) in [5, 5.41) is 7.21. The molecule has 0 saturated carbocycles. The van der Waals surface area contributed by atoms with Gasteiger partial charge >= 0.3 is 0 Å². The average Bonchev–Trinajstić information content (AvgIpc) is 2.36. The lowest BCUT2D eigenvalue weighted by atomic mass is 10.2. The Morgan fingerprint density at radius 2 is 2.17 bits per heavy atom. The second-order valence-electron chi connectivity index (χ2n) is 3.28. The highest BCUT2D eigenvalue weighted by Gasteiger charge is 2.03. The van der Waals surface area contributed by atoms with Gasteiger partial charge in [-0.15, -0.1) is 5.10 Å². The number of ether oxygens (including phenoxy) is 2. The summed E-state index contributed by atoms with van der Waals surface area (Å²) in [7, 11) is 1.56.